The Balaban J connectivity index is 1.93. The van der Waals surface area contributed by atoms with Crippen molar-refractivity contribution < 1.29 is 17.6 Å². The fourth-order valence-electron chi connectivity index (χ4n) is 3.11. The van der Waals surface area contributed by atoms with Gasteiger partial charge in [-0.15, -0.1) is 0 Å². The van der Waals surface area contributed by atoms with Crippen LogP contribution in [0.1, 0.15) is 5.56 Å². The van der Waals surface area contributed by atoms with E-state index in [0.29, 0.717) is 11.5 Å². The average Bonchev–Trinajstić information content (AvgIpc) is 3.03. The molecule has 2 aromatic heterocycles. The van der Waals surface area contributed by atoms with E-state index in [2.05, 4.69) is 14.9 Å². The van der Waals surface area contributed by atoms with Crippen molar-refractivity contribution in [2.75, 3.05) is 38.1 Å². The lowest BCUT2D eigenvalue weighted by Gasteiger charge is -2.33. The molecule has 132 valence electrons. The Kier molecular flexibility index (Phi) is 3.57. The summed E-state index contributed by atoms with van der Waals surface area (Å²) in [6.45, 7) is 3.13. The molecule has 25 heavy (non-hydrogen) atoms. The molecule has 0 spiro atoms. The fourth-order valence-corrected chi connectivity index (χ4v) is 3.11. The van der Waals surface area contributed by atoms with Crippen molar-refractivity contribution in [3.8, 4) is 0 Å². The molecule has 1 aliphatic heterocycles. The van der Waals surface area contributed by atoms with Gasteiger partial charge in [0.1, 0.15) is 5.82 Å². The van der Waals surface area contributed by atoms with Gasteiger partial charge < -0.3 is 9.80 Å². The van der Waals surface area contributed by atoms with E-state index in [-0.39, 0.29) is 11.0 Å². The summed E-state index contributed by atoms with van der Waals surface area (Å²) in [6.07, 6.45) is -1.69. The number of hydrogen-bond donors (Lipinski definition) is 0. The van der Waals surface area contributed by atoms with Crippen molar-refractivity contribution in [1.29, 1.82) is 0 Å². The third-order valence-electron chi connectivity index (χ3n) is 4.50. The minimum atomic E-state index is -4.76. The van der Waals surface area contributed by atoms with E-state index in [1.54, 1.807) is 6.20 Å². The highest BCUT2D eigenvalue weighted by atomic mass is 19.4. The van der Waals surface area contributed by atoms with Crippen LogP contribution in [0.15, 0.2) is 24.5 Å². The minimum absolute atomic E-state index is 0.171. The number of anilines is 1. The summed E-state index contributed by atoms with van der Waals surface area (Å²) < 4.78 is 54.5. The summed E-state index contributed by atoms with van der Waals surface area (Å²) >= 11 is 0. The van der Waals surface area contributed by atoms with Gasteiger partial charge >= 0.3 is 6.18 Å². The van der Waals surface area contributed by atoms with E-state index >= 15 is 0 Å². The van der Waals surface area contributed by atoms with Gasteiger partial charge in [0.2, 0.25) is 0 Å². The summed E-state index contributed by atoms with van der Waals surface area (Å²) in [5, 5.41) is 0. The zero-order chi connectivity index (χ0) is 17.8. The van der Waals surface area contributed by atoms with E-state index < -0.39 is 17.6 Å². The van der Waals surface area contributed by atoms with Gasteiger partial charge in [0, 0.05) is 44.6 Å². The highest BCUT2D eigenvalue weighted by molar-refractivity contribution is 5.84. The van der Waals surface area contributed by atoms with Crippen molar-refractivity contribution in [1.82, 2.24) is 19.3 Å². The molecule has 0 N–H and O–H groups in total. The van der Waals surface area contributed by atoms with Crippen LogP contribution in [0.4, 0.5) is 23.4 Å². The molecule has 1 aliphatic rings. The second-order valence-electron chi connectivity index (χ2n) is 6.17. The van der Waals surface area contributed by atoms with Gasteiger partial charge in [-0.1, -0.05) is 0 Å². The average molecular weight is 353 g/mol. The first-order valence-electron chi connectivity index (χ1n) is 7.81. The van der Waals surface area contributed by atoms with E-state index in [1.807, 2.05) is 11.9 Å². The second kappa shape index (κ2) is 5.55. The Labute approximate surface area is 140 Å². The molecule has 5 nitrogen and oxygen atoms in total. The Morgan fingerprint density at radius 1 is 1.08 bits per heavy atom. The molecule has 0 saturated carbocycles. The van der Waals surface area contributed by atoms with Crippen LogP contribution in [-0.2, 0) is 6.18 Å². The molecule has 1 saturated heterocycles. The zero-order valence-electron chi connectivity index (χ0n) is 13.4. The first kappa shape index (κ1) is 16.1. The van der Waals surface area contributed by atoms with E-state index in [4.69, 9.17) is 0 Å². The standard InChI is InChI=1S/C16H15F4N5/c1-23-4-6-24(7-5-23)15-14-21-2-3-25(14)13-8-10(16(18,19)20)11(17)9-12(13)22-15/h2-3,8-9H,4-7H2,1H3. The minimum Gasteiger partial charge on any atom is -0.351 e. The van der Waals surface area contributed by atoms with Crippen molar-refractivity contribution in [2.24, 2.45) is 0 Å². The van der Waals surface area contributed by atoms with Crippen molar-refractivity contribution in [3.05, 3.63) is 35.9 Å². The topological polar surface area (TPSA) is 36.7 Å². The Morgan fingerprint density at radius 3 is 2.48 bits per heavy atom. The molecule has 9 heteroatoms. The Hall–Kier alpha value is -2.42. The van der Waals surface area contributed by atoms with Gasteiger partial charge in [-0.2, -0.15) is 13.2 Å². The number of likely N-dealkylation sites (N-methyl/N-ethyl adjacent to an activating group) is 1. The normalized spacial score (nSPS) is 16.9. The lowest BCUT2D eigenvalue weighted by atomic mass is 10.1. The van der Waals surface area contributed by atoms with Crippen LogP contribution in [0.5, 0.6) is 0 Å². The Bertz CT molecular complexity index is 941. The van der Waals surface area contributed by atoms with E-state index in [9.17, 15) is 17.6 Å². The van der Waals surface area contributed by atoms with Crippen molar-refractivity contribution in [2.45, 2.75) is 6.18 Å². The number of benzene rings is 1. The molecule has 0 amide bonds. The highest BCUT2D eigenvalue weighted by Gasteiger charge is 2.35. The summed E-state index contributed by atoms with van der Waals surface area (Å²) in [5.41, 5.74) is -0.482. The maximum absolute atomic E-state index is 14.0. The van der Waals surface area contributed by atoms with Crippen LogP contribution in [0.3, 0.4) is 0 Å². The molecular formula is C16H15F4N5. The molecule has 1 aromatic carbocycles. The molecule has 1 fully saturated rings. The van der Waals surface area contributed by atoms with Gasteiger partial charge in [-0.3, -0.25) is 4.40 Å². The highest BCUT2D eigenvalue weighted by Crippen LogP contribution is 2.34. The number of alkyl halides is 3. The number of imidazole rings is 1. The summed E-state index contributed by atoms with van der Waals surface area (Å²) in [5.74, 6) is -0.763. The predicted octanol–water partition coefficient (Wildman–Crippen LogP) is 2.79. The molecule has 0 bridgehead atoms. The van der Waals surface area contributed by atoms with Gasteiger partial charge in [0.25, 0.3) is 0 Å². The third kappa shape index (κ3) is 2.68. The number of aromatic nitrogens is 3. The molecular weight excluding hydrogens is 338 g/mol. The van der Waals surface area contributed by atoms with Crippen LogP contribution < -0.4 is 4.90 Å². The largest absolute Gasteiger partial charge is 0.419 e. The van der Waals surface area contributed by atoms with Gasteiger partial charge in [0.15, 0.2) is 11.5 Å². The number of hydrogen-bond acceptors (Lipinski definition) is 4. The number of rotatable bonds is 1. The number of halogens is 4. The SMILES string of the molecule is CN1CCN(c2nc3cc(F)c(C(F)(F)F)cc3n3ccnc23)CC1. The van der Waals surface area contributed by atoms with Crippen molar-refractivity contribution >= 4 is 22.5 Å². The summed E-state index contributed by atoms with van der Waals surface area (Å²) in [7, 11) is 2.02. The lowest BCUT2D eigenvalue weighted by molar-refractivity contribution is -0.139. The van der Waals surface area contributed by atoms with Crippen LogP contribution in [-0.4, -0.2) is 52.5 Å². The first-order chi connectivity index (χ1) is 11.8. The predicted molar refractivity (Wildman–Crippen MR) is 85.2 cm³/mol. The molecule has 0 radical (unpaired) electrons. The van der Waals surface area contributed by atoms with Crippen molar-refractivity contribution in [3.63, 3.8) is 0 Å². The van der Waals surface area contributed by atoms with Crippen LogP contribution in [0, 0.1) is 5.82 Å². The van der Waals surface area contributed by atoms with Gasteiger partial charge in [-0.05, 0) is 13.1 Å². The fraction of sp³-hybridized carbons (Fsp3) is 0.375. The number of nitrogens with zero attached hydrogens (tertiary/aromatic N) is 5. The molecule has 4 rings (SSSR count). The van der Waals surface area contributed by atoms with Crippen LogP contribution >= 0.6 is 0 Å². The van der Waals surface area contributed by atoms with Gasteiger partial charge in [-0.25, -0.2) is 14.4 Å². The summed E-state index contributed by atoms with van der Waals surface area (Å²) in [6, 6.07) is 1.64. The molecule has 0 atom stereocenters. The van der Waals surface area contributed by atoms with Crippen LogP contribution in [0.25, 0.3) is 16.7 Å². The molecule has 3 aromatic rings. The molecule has 0 unspecified atom stereocenters. The summed E-state index contributed by atoms with van der Waals surface area (Å²) in [4.78, 5) is 12.9. The maximum Gasteiger partial charge on any atom is 0.419 e. The van der Waals surface area contributed by atoms with Crippen LogP contribution in [0.2, 0.25) is 0 Å². The zero-order valence-corrected chi connectivity index (χ0v) is 13.4. The quantitative estimate of drug-likeness (QED) is 0.631. The lowest BCUT2D eigenvalue weighted by Crippen LogP contribution is -2.45. The monoisotopic (exact) mass is 353 g/mol. The number of fused-ring (bicyclic) bond motifs is 3. The molecule has 0 aliphatic carbocycles. The molecule has 3 heterocycles. The van der Waals surface area contributed by atoms with Gasteiger partial charge in [0.05, 0.1) is 16.6 Å². The number of piperazine rings is 1. The third-order valence-corrected chi connectivity index (χ3v) is 4.50. The van der Waals surface area contributed by atoms with E-state index in [0.717, 1.165) is 38.3 Å². The van der Waals surface area contributed by atoms with E-state index in [1.165, 1.54) is 10.6 Å². The maximum atomic E-state index is 14.0. The second-order valence-corrected chi connectivity index (χ2v) is 6.17. The Morgan fingerprint density at radius 2 is 1.80 bits per heavy atom. The first-order valence-corrected chi connectivity index (χ1v) is 7.81. The smallest absolute Gasteiger partial charge is 0.351 e.